The van der Waals surface area contributed by atoms with E-state index in [1.54, 1.807) is 0 Å². The molecule has 1 aliphatic rings. The number of aromatic nitrogens is 1. The number of fused-ring (bicyclic) bond motifs is 7. The van der Waals surface area contributed by atoms with Gasteiger partial charge in [-0.3, -0.25) is 0 Å². The molecule has 0 amide bonds. The Bertz CT molecular complexity index is 3420. The van der Waals surface area contributed by atoms with Gasteiger partial charge in [0, 0.05) is 47.9 Å². The van der Waals surface area contributed by atoms with E-state index in [0.29, 0.717) is 5.92 Å². The van der Waals surface area contributed by atoms with E-state index in [4.69, 9.17) is 0 Å². The lowest BCUT2D eigenvalue weighted by Gasteiger charge is -2.30. The maximum Gasteiger partial charge on any atom is 0.0555 e. The number of nitrogens with zero attached hydrogens (tertiary/aromatic N) is 2. The first-order chi connectivity index (χ1) is 30.3. The predicted octanol–water partition coefficient (Wildman–Crippen LogP) is 17.2. The van der Waals surface area contributed by atoms with Gasteiger partial charge in [-0.25, -0.2) is 0 Å². The van der Waals surface area contributed by atoms with Crippen LogP contribution in [0.4, 0.5) is 17.1 Å². The van der Waals surface area contributed by atoms with Crippen molar-refractivity contribution >= 4 is 81.1 Å². The van der Waals surface area contributed by atoms with Gasteiger partial charge in [0.25, 0.3) is 0 Å². The number of hydrogen-bond acceptors (Lipinski definition) is 2. The molecule has 61 heavy (non-hydrogen) atoms. The summed E-state index contributed by atoms with van der Waals surface area (Å²) in [5, 5.41) is 7.82. The van der Waals surface area contributed by atoms with Crippen LogP contribution in [-0.4, -0.2) is 4.57 Å². The molecule has 0 spiro atoms. The Morgan fingerprint density at radius 1 is 0.443 bits per heavy atom. The Labute approximate surface area is 360 Å². The zero-order chi connectivity index (χ0) is 40.3. The van der Waals surface area contributed by atoms with Crippen molar-refractivity contribution in [2.45, 2.75) is 38.0 Å². The number of benzene rings is 9. The summed E-state index contributed by atoms with van der Waals surface area (Å²) in [4.78, 5) is 2.55. The molecular formula is C58H44N2S. The Hall–Kier alpha value is -6.94. The minimum Gasteiger partial charge on any atom is -0.309 e. The van der Waals surface area contributed by atoms with E-state index in [0.717, 1.165) is 5.69 Å². The summed E-state index contributed by atoms with van der Waals surface area (Å²) < 4.78 is 5.01. The highest BCUT2D eigenvalue weighted by Gasteiger charge is 2.25. The van der Waals surface area contributed by atoms with E-state index >= 15 is 0 Å². The molecule has 0 bridgehead atoms. The maximum atomic E-state index is 2.55. The van der Waals surface area contributed by atoms with Crippen LogP contribution in [0.25, 0.3) is 80.7 Å². The standard InChI is InChI=1S/C58H44N2S/c1-3-18-39(19-4-1)44-29-14-20-40-21-15-31-47(56(40)44)46-26-7-10-32-50(46)60(53-35-17-37-55-58(53)49-28-9-12-36-54(49)61-55)43-25-13-22-41(38-43)45-30-16-34-52-57(45)48-27-8-11-33-51(48)59(52)42-23-5-2-6-24-42/h2,5-17,20-39H,1,3-4,18-19H2. The van der Waals surface area contributed by atoms with Crippen molar-refractivity contribution in [2.24, 2.45) is 0 Å². The van der Waals surface area contributed by atoms with Gasteiger partial charge in [-0.15, -0.1) is 11.3 Å². The van der Waals surface area contributed by atoms with Crippen molar-refractivity contribution in [1.82, 2.24) is 4.57 Å². The maximum absolute atomic E-state index is 2.55. The Balaban J connectivity index is 1.12. The molecule has 2 heterocycles. The van der Waals surface area contributed by atoms with Crippen molar-refractivity contribution < 1.29 is 0 Å². The van der Waals surface area contributed by atoms with Crippen molar-refractivity contribution in [3.8, 4) is 27.9 Å². The summed E-state index contributed by atoms with van der Waals surface area (Å²) in [5.74, 6) is 0.583. The fourth-order valence-electron chi connectivity index (χ4n) is 10.5. The molecule has 9 aromatic carbocycles. The summed E-state index contributed by atoms with van der Waals surface area (Å²) >= 11 is 1.88. The lowest BCUT2D eigenvalue weighted by Crippen LogP contribution is -2.12. The van der Waals surface area contributed by atoms with Gasteiger partial charge in [0.15, 0.2) is 0 Å². The Morgan fingerprint density at radius 2 is 1.10 bits per heavy atom. The third-order valence-corrected chi connectivity index (χ3v) is 14.3. The quantitative estimate of drug-likeness (QED) is 0.156. The molecule has 3 heteroatoms. The van der Waals surface area contributed by atoms with Crippen LogP contribution in [0.3, 0.4) is 0 Å². The molecule has 12 rings (SSSR count). The van der Waals surface area contributed by atoms with Crippen LogP contribution < -0.4 is 4.90 Å². The van der Waals surface area contributed by atoms with E-state index < -0.39 is 0 Å². The second kappa shape index (κ2) is 15.0. The van der Waals surface area contributed by atoms with E-state index in [2.05, 4.69) is 210 Å². The number of hydrogen-bond donors (Lipinski definition) is 0. The summed E-state index contributed by atoms with van der Waals surface area (Å²) in [6, 6.07) is 74.5. The van der Waals surface area contributed by atoms with Gasteiger partial charge in [-0.05, 0) is 112 Å². The van der Waals surface area contributed by atoms with Gasteiger partial charge in [0.2, 0.25) is 0 Å². The molecule has 1 fully saturated rings. The van der Waals surface area contributed by atoms with Crippen molar-refractivity contribution in [1.29, 1.82) is 0 Å². The average molecular weight is 801 g/mol. The summed E-state index contributed by atoms with van der Waals surface area (Å²) in [6.45, 7) is 0. The van der Waals surface area contributed by atoms with Gasteiger partial charge in [-0.2, -0.15) is 0 Å². The molecule has 0 radical (unpaired) electrons. The molecule has 1 saturated carbocycles. The van der Waals surface area contributed by atoms with E-state index in [9.17, 15) is 0 Å². The first-order valence-electron chi connectivity index (χ1n) is 21.8. The van der Waals surface area contributed by atoms with Gasteiger partial charge < -0.3 is 9.47 Å². The largest absolute Gasteiger partial charge is 0.309 e. The van der Waals surface area contributed by atoms with Crippen LogP contribution in [0.5, 0.6) is 0 Å². The molecule has 0 N–H and O–H groups in total. The van der Waals surface area contributed by atoms with Crippen LogP contribution in [0.2, 0.25) is 0 Å². The van der Waals surface area contributed by atoms with Crippen LogP contribution in [0, 0.1) is 0 Å². The normalized spacial score (nSPS) is 13.5. The molecule has 0 saturated heterocycles. The highest BCUT2D eigenvalue weighted by Crippen LogP contribution is 2.50. The topological polar surface area (TPSA) is 8.17 Å². The number of para-hydroxylation sites is 3. The third kappa shape index (κ3) is 5.98. The second-order valence-corrected chi connectivity index (χ2v) is 17.7. The van der Waals surface area contributed by atoms with E-state index in [1.807, 2.05) is 11.3 Å². The fraction of sp³-hybridized carbons (Fsp3) is 0.103. The number of rotatable bonds is 7. The minimum atomic E-state index is 0.583. The van der Waals surface area contributed by atoms with Gasteiger partial charge >= 0.3 is 0 Å². The lowest BCUT2D eigenvalue weighted by molar-refractivity contribution is 0.445. The molecular weight excluding hydrogens is 757 g/mol. The van der Waals surface area contributed by atoms with Crippen molar-refractivity contribution in [3.63, 3.8) is 0 Å². The smallest absolute Gasteiger partial charge is 0.0555 e. The fourth-order valence-corrected chi connectivity index (χ4v) is 11.6. The van der Waals surface area contributed by atoms with Crippen molar-refractivity contribution in [2.75, 3.05) is 4.90 Å². The van der Waals surface area contributed by atoms with Crippen LogP contribution >= 0.6 is 11.3 Å². The number of anilines is 3. The average Bonchev–Trinajstić information content (AvgIpc) is 3.89. The summed E-state index contributed by atoms with van der Waals surface area (Å²) in [5.41, 5.74) is 13.5. The lowest BCUT2D eigenvalue weighted by atomic mass is 9.80. The molecule has 0 unspecified atom stereocenters. The van der Waals surface area contributed by atoms with Gasteiger partial charge in [0.05, 0.1) is 22.4 Å². The predicted molar refractivity (Wildman–Crippen MR) is 263 cm³/mol. The molecule has 292 valence electrons. The minimum absolute atomic E-state index is 0.583. The first kappa shape index (κ1) is 36.0. The first-order valence-corrected chi connectivity index (χ1v) is 22.6. The zero-order valence-corrected chi connectivity index (χ0v) is 34.8. The highest BCUT2D eigenvalue weighted by atomic mass is 32.1. The summed E-state index contributed by atoms with van der Waals surface area (Å²) in [7, 11) is 0. The zero-order valence-electron chi connectivity index (χ0n) is 34.0. The SMILES string of the molecule is c1ccc(-n2c3ccccc3c3c(-c4cccc(N(c5ccccc5-c5cccc6cccc(C7CCCCC7)c56)c5cccc6sc7ccccc7c56)c4)cccc32)cc1. The summed E-state index contributed by atoms with van der Waals surface area (Å²) in [6.07, 6.45) is 6.49. The highest BCUT2D eigenvalue weighted by molar-refractivity contribution is 7.26. The van der Waals surface area contributed by atoms with Gasteiger partial charge in [0.1, 0.15) is 0 Å². The number of thiophene rings is 1. The van der Waals surface area contributed by atoms with E-state index in [-0.39, 0.29) is 0 Å². The van der Waals surface area contributed by atoms with Crippen LogP contribution in [0.1, 0.15) is 43.6 Å². The molecule has 2 aromatic heterocycles. The molecule has 1 aliphatic carbocycles. The molecule has 2 nitrogen and oxygen atoms in total. The van der Waals surface area contributed by atoms with Crippen LogP contribution in [-0.2, 0) is 0 Å². The van der Waals surface area contributed by atoms with Crippen LogP contribution in [0.15, 0.2) is 200 Å². The Morgan fingerprint density at radius 3 is 2.00 bits per heavy atom. The second-order valence-electron chi connectivity index (χ2n) is 16.6. The van der Waals surface area contributed by atoms with Gasteiger partial charge in [-0.1, -0.05) is 159 Å². The third-order valence-electron chi connectivity index (χ3n) is 13.2. The molecule has 0 atom stereocenters. The monoisotopic (exact) mass is 800 g/mol. The molecule has 0 aliphatic heterocycles. The Kier molecular flexibility index (Phi) is 8.82. The van der Waals surface area contributed by atoms with E-state index in [1.165, 1.54) is 130 Å². The molecule has 11 aromatic rings. The van der Waals surface area contributed by atoms with Crippen molar-refractivity contribution in [3.05, 3.63) is 206 Å².